The molecule has 1 atom stereocenters. The first-order valence-electron chi connectivity index (χ1n) is 3.70. The molecule has 0 radical (unpaired) electrons. The highest BCUT2D eigenvalue weighted by Crippen LogP contribution is 2.41. The van der Waals surface area contributed by atoms with Gasteiger partial charge in [0.1, 0.15) is 5.25 Å². The second-order valence-corrected chi connectivity index (χ2v) is 3.51. The quantitative estimate of drug-likeness (QED) is 0.711. The van der Waals surface area contributed by atoms with Crippen molar-refractivity contribution in [2.24, 2.45) is 0 Å². The largest absolute Gasteiger partial charge is 0.404 e. The van der Waals surface area contributed by atoms with Crippen LogP contribution in [-0.4, -0.2) is 12.4 Å². The van der Waals surface area contributed by atoms with Gasteiger partial charge in [-0.05, 0) is 11.8 Å². The minimum atomic E-state index is -4.17. The van der Waals surface area contributed by atoms with Gasteiger partial charge in [0, 0.05) is 0 Å². The Morgan fingerprint density at radius 1 is 1.15 bits per heavy atom. The summed E-state index contributed by atoms with van der Waals surface area (Å²) in [6.45, 7) is 0. The van der Waals surface area contributed by atoms with E-state index in [9.17, 15) is 13.2 Å². The number of thioether (sulfide) groups is 1. The first-order chi connectivity index (χ1) is 6.05. The third-order valence-corrected chi connectivity index (χ3v) is 2.65. The Balaban J connectivity index is 2.92. The molecule has 0 aliphatic rings. The second-order valence-electron chi connectivity index (χ2n) is 2.57. The molecule has 1 unspecified atom stereocenters. The lowest BCUT2D eigenvalue weighted by molar-refractivity contribution is -0.129. The zero-order chi connectivity index (χ0) is 9.90. The van der Waals surface area contributed by atoms with E-state index in [0.29, 0.717) is 5.56 Å². The number of halogens is 3. The van der Waals surface area contributed by atoms with Crippen molar-refractivity contribution in [2.75, 3.05) is 6.26 Å². The van der Waals surface area contributed by atoms with E-state index in [-0.39, 0.29) is 0 Å². The number of alkyl halides is 3. The zero-order valence-corrected chi connectivity index (χ0v) is 7.82. The van der Waals surface area contributed by atoms with Gasteiger partial charge in [0.25, 0.3) is 0 Å². The van der Waals surface area contributed by atoms with E-state index < -0.39 is 11.4 Å². The molecule has 0 saturated carbocycles. The molecular formula is C9H9F3S. The van der Waals surface area contributed by atoms with E-state index in [1.807, 2.05) is 0 Å². The van der Waals surface area contributed by atoms with Gasteiger partial charge in [-0.2, -0.15) is 13.2 Å². The Morgan fingerprint density at radius 3 is 2.08 bits per heavy atom. The minimum absolute atomic E-state index is 0.308. The maximum Gasteiger partial charge on any atom is 0.404 e. The molecule has 72 valence electrons. The number of rotatable bonds is 2. The molecule has 4 heteroatoms. The standard InChI is InChI=1S/C9H9F3S/c1-13-8(9(10,11)12)7-5-3-2-4-6-7/h2-6,8H,1H3. The molecule has 0 N–H and O–H groups in total. The number of hydrogen-bond acceptors (Lipinski definition) is 1. The molecule has 1 aromatic rings. The SMILES string of the molecule is CSC(c1ccccc1)C(F)(F)F. The normalized spacial score (nSPS) is 14.2. The van der Waals surface area contributed by atoms with E-state index in [2.05, 4.69) is 0 Å². The van der Waals surface area contributed by atoms with E-state index >= 15 is 0 Å². The summed E-state index contributed by atoms with van der Waals surface area (Å²) in [6, 6.07) is 7.93. The predicted octanol–water partition coefficient (Wildman–Crippen LogP) is 3.65. The van der Waals surface area contributed by atoms with Crippen LogP contribution >= 0.6 is 11.8 Å². The Kier molecular flexibility index (Phi) is 3.25. The first kappa shape index (κ1) is 10.4. The average Bonchev–Trinajstić information content (AvgIpc) is 2.05. The molecule has 0 spiro atoms. The summed E-state index contributed by atoms with van der Waals surface area (Å²) in [5.74, 6) is 0. The van der Waals surface area contributed by atoms with E-state index in [4.69, 9.17) is 0 Å². The minimum Gasteiger partial charge on any atom is -0.169 e. The van der Waals surface area contributed by atoms with Gasteiger partial charge < -0.3 is 0 Å². The van der Waals surface area contributed by atoms with Crippen molar-refractivity contribution in [1.82, 2.24) is 0 Å². The Bertz CT molecular complexity index is 255. The van der Waals surface area contributed by atoms with Crippen LogP contribution in [0.2, 0.25) is 0 Å². The van der Waals surface area contributed by atoms with Crippen LogP contribution in [0.15, 0.2) is 30.3 Å². The maximum absolute atomic E-state index is 12.4. The van der Waals surface area contributed by atoms with Crippen LogP contribution < -0.4 is 0 Å². The summed E-state index contributed by atoms with van der Waals surface area (Å²) in [5, 5.41) is -1.41. The molecule has 0 fully saturated rings. The van der Waals surface area contributed by atoms with Crippen molar-refractivity contribution in [3.8, 4) is 0 Å². The van der Waals surface area contributed by atoms with Crippen LogP contribution in [0.1, 0.15) is 10.8 Å². The molecule has 0 nitrogen and oxygen atoms in total. The van der Waals surface area contributed by atoms with Crippen molar-refractivity contribution in [3.63, 3.8) is 0 Å². The smallest absolute Gasteiger partial charge is 0.169 e. The molecule has 1 aromatic carbocycles. The molecule has 0 aromatic heterocycles. The van der Waals surface area contributed by atoms with Crippen molar-refractivity contribution >= 4 is 11.8 Å². The topological polar surface area (TPSA) is 0 Å². The number of benzene rings is 1. The average molecular weight is 206 g/mol. The molecule has 13 heavy (non-hydrogen) atoms. The maximum atomic E-state index is 12.4. The molecule has 1 rings (SSSR count). The van der Waals surface area contributed by atoms with Gasteiger partial charge in [0.2, 0.25) is 0 Å². The summed E-state index contributed by atoms with van der Waals surface area (Å²) < 4.78 is 37.2. The lowest BCUT2D eigenvalue weighted by Crippen LogP contribution is -2.17. The zero-order valence-electron chi connectivity index (χ0n) is 7.01. The van der Waals surface area contributed by atoms with E-state index in [0.717, 1.165) is 11.8 Å². The summed E-state index contributed by atoms with van der Waals surface area (Å²) in [4.78, 5) is 0. The Labute approximate surface area is 79.1 Å². The first-order valence-corrected chi connectivity index (χ1v) is 4.99. The van der Waals surface area contributed by atoms with E-state index in [1.54, 1.807) is 18.2 Å². The van der Waals surface area contributed by atoms with Crippen molar-refractivity contribution in [2.45, 2.75) is 11.4 Å². The summed E-state index contributed by atoms with van der Waals surface area (Å²) >= 11 is 0.805. The highest BCUT2D eigenvalue weighted by Gasteiger charge is 2.39. The van der Waals surface area contributed by atoms with Crippen LogP contribution in [0.25, 0.3) is 0 Å². The van der Waals surface area contributed by atoms with Gasteiger partial charge in [-0.25, -0.2) is 0 Å². The fourth-order valence-corrected chi connectivity index (χ4v) is 1.78. The highest BCUT2D eigenvalue weighted by molar-refractivity contribution is 7.98. The molecule has 0 saturated heterocycles. The predicted molar refractivity (Wildman–Crippen MR) is 48.8 cm³/mol. The lowest BCUT2D eigenvalue weighted by Gasteiger charge is -2.17. The lowest BCUT2D eigenvalue weighted by atomic mass is 10.1. The van der Waals surface area contributed by atoms with Gasteiger partial charge in [-0.1, -0.05) is 30.3 Å². The van der Waals surface area contributed by atoms with Crippen molar-refractivity contribution in [1.29, 1.82) is 0 Å². The molecule has 0 bridgehead atoms. The second kappa shape index (κ2) is 4.05. The molecule has 0 amide bonds. The van der Waals surface area contributed by atoms with Gasteiger partial charge in [-0.3, -0.25) is 0 Å². The van der Waals surface area contributed by atoms with Gasteiger partial charge in [-0.15, -0.1) is 11.8 Å². The summed E-state index contributed by atoms with van der Waals surface area (Å²) in [6.07, 6.45) is -2.70. The van der Waals surface area contributed by atoms with Crippen LogP contribution in [0.4, 0.5) is 13.2 Å². The third kappa shape index (κ3) is 2.66. The highest BCUT2D eigenvalue weighted by atomic mass is 32.2. The monoisotopic (exact) mass is 206 g/mol. The summed E-state index contributed by atoms with van der Waals surface area (Å²) in [5.41, 5.74) is 0.308. The fourth-order valence-electron chi connectivity index (χ4n) is 1.09. The summed E-state index contributed by atoms with van der Waals surface area (Å²) in [7, 11) is 0. The molecule has 0 aliphatic carbocycles. The van der Waals surface area contributed by atoms with Crippen molar-refractivity contribution < 1.29 is 13.2 Å². The van der Waals surface area contributed by atoms with Crippen LogP contribution in [0.3, 0.4) is 0 Å². The third-order valence-electron chi connectivity index (χ3n) is 1.64. The molecule has 0 heterocycles. The van der Waals surface area contributed by atoms with Crippen LogP contribution in [-0.2, 0) is 0 Å². The van der Waals surface area contributed by atoms with Crippen LogP contribution in [0, 0.1) is 0 Å². The van der Waals surface area contributed by atoms with Gasteiger partial charge in [0.05, 0.1) is 0 Å². The number of hydrogen-bond donors (Lipinski definition) is 0. The Morgan fingerprint density at radius 2 is 1.69 bits per heavy atom. The molecular weight excluding hydrogens is 197 g/mol. The fraction of sp³-hybridized carbons (Fsp3) is 0.333. The molecule has 0 aliphatic heterocycles. The van der Waals surface area contributed by atoms with Gasteiger partial charge >= 0.3 is 6.18 Å². The van der Waals surface area contributed by atoms with E-state index in [1.165, 1.54) is 18.4 Å². The van der Waals surface area contributed by atoms with Crippen molar-refractivity contribution in [3.05, 3.63) is 35.9 Å². The Hall–Kier alpha value is -0.640. The van der Waals surface area contributed by atoms with Crippen LogP contribution in [0.5, 0.6) is 0 Å². The van der Waals surface area contributed by atoms with Gasteiger partial charge in [0.15, 0.2) is 0 Å².